The molecule has 1 N–H and O–H groups in total. The second kappa shape index (κ2) is 9.09. The van der Waals surface area contributed by atoms with Crippen LogP contribution in [0.4, 0.5) is 11.4 Å². The van der Waals surface area contributed by atoms with Crippen molar-refractivity contribution in [3.63, 3.8) is 0 Å². The van der Waals surface area contributed by atoms with Crippen LogP contribution in [-0.4, -0.2) is 50.4 Å². The number of nitro benzene ring substituents is 1. The van der Waals surface area contributed by atoms with E-state index < -0.39 is 33.1 Å². The maximum atomic E-state index is 12.6. The van der Waals surface area contributed by atoms with Gasteiger partial charge >= 0.3 is 5.69 Å². The average molecular weight is 435 g/mol. The Morgan fingerprint density at radius 3 is 2.60 bits per heavy atom. The van der Waals surface area contributed by atoms with Crippen molar-refractivity contribution in [2.75, 3.05) is 32.1 Å². The molecule has 0 radical (unpaired) electrons. The number of anilines is 1. The van der Waals surface area contributed by atoms with Gasteiger partial charge in [0.1, 0.15) is 5.75 Å². The van der Waals surface area contributed by atoms with Gasteiger partial charge in [-0.2, -0.15) is 4.31 Å². The topological polar surface area (TPSA) is 128 Å². The van der Waals surface area contributed by atoms with Crippen LogP contribution in [0.3, 0.4) is 0 Å². The third kappa shape index (κ3) is 4.86. The average Bonchev–Trinajstić information content (AvgIpc) is 3.28. The van der Waals surface area contributed by atoms with Gasteiger partial charge in [-0.15, -0.1) is 0 Å². The Balaban J connectivity index is 1.72. The van der Waals surface area contributed by atoms with Crippen LogP contribution in [0.25, 0.3) is 0 Å². The number of hydrogen-bond acceptors (Lipinski definition) is 7. The fourth-order valence-corrected chi connectivity index (χ4v) is 4.58. The largest absolute Gasteiger partial charge is 0.497 e. The maximum Gasteiger partial charge on any atom is 0.312 e. The van der Waals surface area contributed by atoms with E-state index >= 15 is 0 Å². The molecule has 0 bridgehead atoms. The van der Waals surface area contributed by atoms with Crippen LogP contribution in [0.2, 0.25) is 0 Å². The number of hydrogen-bond donors (Lipinski definition) is 1. The quantitative estimate of drug-likeness (QED) is 0.498. The summed E-state index contributed by atoms with van der Waals surface area (Å²) in [6.45, 7) is 0.286. The summed E-state index contributed by atoms with van der Waals surface area (Å²) < 4.78 is 36.9. The Morgan fingerprint density at radius 1 is 1.20 bits per heavy atom. The van der Waals surface area contributed by atoms with E-state index in [1.165, 1.54) is 23.5 Å². The van der Waals surface area contributed by atoms with Gasteiger partial charge in [0.15, 0.2) is 12.4 Å². The van der Waals surface area contributed by atoms with Gasteiger partial charge in [-0.1, -0.05) is 6.07 Å². The van der Waals surface area contributed by atoms with E-state index in [-0.39, 0.29) is 10.6 Å². The van der Waals surface area contributed by atoms with Crippen LogP contribution in [0.5, 0.6) is 11.5 Å². The minimum atomic E-state index is -3.81. The molecular weight excluding hydrogens is 414 g/mol. The molecule has 30 heavy (non-hydrogen) atoms. The Kier molecular flexibility index (Phi) is 6.53. The van der Waals surface area contributed by atoms with E-state index in [0.29, 0.717) is 24.5 Å². The number of rotatable bonds is 8. The molecule has 2 aromatic carbocycles. The first-order valence-corrected chi connectivity index (χ1v) is 10.6. The van der Waals surface area contributed by atoms with Crippen LogP contribution in [0.1, 0.15) is 12.8 Å². The lowest BCUT2D eigenvalue weighted by molar-refractivity contribution is -0.386. The van der Waals surface area contributed by atoms with Gasteiger partial charge in [-0.25, -0.2) is 8.42 Å². The van der Waals surface area contributed by atoms with Crippen molar-refractivity contribution in [3.05, 3.63) is 52.6 Å². The third-order valence-electron chi connectivity index (χ3n) is 4.54. The fraction of sp³-hybridized carbons (Fsp3) is 0.316. The fourth-order valence-electron chi connectivity index (χ4n) is 3.04. The number of ether oxygens (including phenoxy) is 2. The summed E-state index contributed by atoms with van der Waals surface area (Å²) in [6, 6.07) is 10.1. The number of nitrogens with one attached hydrogen (secondary N) is 1. The molecule has 1 saturated heterocycles. The number of methoxy groups -OCH3 is 1. The van der Waals surface area contributed by atoms with Gasteiger partial charge in [0.25, 0.3) is 5.91 Å². The summed E-state index contributed by atoms with van der Waals surface area (Å²) in [5.41, 5.74) is -0.0473. The smallest absolute Gasteiger partial charge is 0.312 e. The second-order valence-corrected chi connectivity index (χ2v) is 8.50. The van der Waals surface area contributed by atoms with E-state index in [2.05, 4.69) is 5.32 Å². The number of nitrogens with zero attached hydrogens (tertiary/aromatic N) is 2. The molecule has 0 spiro atoms. The summed E-state index contributed by atoms with van der Waals surface area (Å²) in [4.78, 5) is 22.6. The molecule has 0 unspecified atom stereocenters. The molecular formula is C19H21N3O7S. The molecule has 11 heteroatoms. The monoisotopic (exact) mass is 435 g/mol. The predicted molar refractivity (Wildman–Crippen MR) is 108 cm³/mol. The van der Waals surface area contributed by atoms with Crippen LogP contribution in [0, 0.1) is 10.1 Å². The Hall–Kier alpha value is -3.18. The van der Waals surface area contributed by atoms with Gasteiger partial charge in [-0.05, 0) is 37.1 Å². The van der Waals surface area contributed by atoms with Crippen molar-refractivity contribution >= 4 is 27.3 Å². The van der Waals surface area contributed by atoms with E-state index in [1.54, 1.807) is 24.3 Å². The first-order chi connectivity index (χ1) is 14.3. The minimum Gasteiger partial charge on any atom is -0.497 e. The van der Waals surface area contributed by atoms with Gasteiger partial charge < -0.3 is 14.8 Å². The Morgan fingerprint density at radius 2 is 1.93 bits per heavy atom. The van der Waals surface area contributed by atoms with Crippen LogP contribution in [0.15, 0.2) is 47.4 Å². The van der Waals surface area contributed by atoms with Crippen LogP contribution >= 0.6 is 0 Å². The predicted octanol–water partition coefficient (Wildman–Crippen LogP) is 2.41. The first-order valence-electron chi connectivity index (χ1n) is 9.16. The number of carbonyl (C=O) groups excluding carboxylic acids is 1. The molecule has 0 aromatic heterocycles. The van der Waals surface area contributed by atoms with Crippen molar-refractivity contribution in [3.8, 4) is 11.5 Å². The minimum absolute atomic E-state index is 0.177. The molecule has 0 saturated carbocycles. The van der Waals surface area contributed by atoms with Crippen molar-refractivity contribution < 1.29 is 27.6 Å². The summed E-state index contributed by atoms with van der Waals surface area (Å²) in [5, 5.41) is 14.0. The van der Waals surface area contributed by atoms with Gasteiger partial charge in [0, 0.05) is 30.9 Å². The van der Waals surface area contributed by atoms with Crippen molar-refractivity contribution in [2.45, 2.75) is 17.7 Å². The standard InChI is InChI=1S/C19H21N3O7S/c1-28-15-6-4-5-14(11-15)20-19(23)13-29-18-8-7-16(12-17(18)22(24)25)30(26,27)21-9-2-3-10-21/h4-8,11-12H,2-3,9-10,13H2,1H3,(H,20,23). The molecule has 160 valence electrons. The van der Waals surface area contributed by atoms with E-state index in [4.69, 9.17) is 9.47 Å². The highest BCUT2D eigenvalue weighted by atomic mass is 32.2. The highest BCUT2D eigenvalue weighted by molar-refractivity contribution is 7.89. The molecule has 1 amide bonds. The second-order valence-electron chi connectivity index (χ2n) is 6.57. The van der Waals surface area contributed by atoms with E-state index in [1.807, 2.05) is 0 Å². The normalized spacial score (nSPS) is 14.3. The van der Waals surface area contributed by atoms with Crippen molar-refractivity contribution in [1.29, 1.82) is 0 Å². The lowest BCUT2D eigenvalue weighted by atomic mass is 10.3. The number of benzene rings is 2. The maximum absolute atomic E-state index is 12.6. The summed E-state index contributed by atoms with van der Waals surface area (Å²) >= 11 is 0. The van der Waals surface area contributed by atoms with Crippen LogP contribution in [-0.2, 0) is 14.8 Å². The summed E-state index contributed by atoms with van der Waals surface area (Å²) in [6.07, 6.45) is 1.51. The lowest BCUT2D eigenvalue weighted by Gasteiger charge is -2.16. The highest BCUT2D eigenvalue weighted by Crippen LogP contribution is 2.31. The molecule has 10 nitrogen and oxygen atoms in total. The Bertz CT molecular complexity index is 1050. The molecule has 1 aliphatic heterocycles. The number of carbonyl (C=O) groups is 1. The molecule has 0 aliphatic carbocycles. The molecule has 0 atom stereocenters. The highest BCUT2D eigenvalue weighted by Gasteiger charge is 2.30. The summed E-state index contributed by atoms with van der Waals surface area (Å²) in [5.74, 6) is -0.174. The molecule has 1 aliphatic rings. The van der Waals surface area contributed by atoms with E-state index in [0.717, 1.165) is 18.9 Å². The first kappa shape index (κ1) is 21.5. The lowest BCUT2D eigenvalue weighted by Crippen LogP contribution is -2.28. The number of sulfonamides is 1. The summed E-state index contributed by atoms with van der Waals surface area (Å²) in [7, 11) is -2.31. The molecule has 3 rings (SSSR count). The van der Waals surface area contributed by atoms with Gasteiger partial charge in [0.05, 0.1) is 16.9 Å². The number of amides is 1. The third-order valence-corrected chi connectivity index (χ3v) is 6.44. The van der Waals surface area contributed by atoms with E-state index in [9.17, 15) is 23.3 Å². The van der Waals surface area contributed by atoms with Crippen LogP contribution < -0.4 is 14.8 Å². The zero-order chi connectivity index (χ0) is 21.7. The SMILES string of the molecule is COc1cccc(NC(=O)COc2ccc(S(=O)(=O)N3CCCC3)cc2[N+](=O)[O-])c1. The molecule has 2 aromatic rings. The van der Waals surface area contributed by atoms with Gasteiger partial charge in [0.2, 0.25) is 10.0 Å². The Labute approximate surface area is 173 Å². The number of nitro groups is 1. The van der Waals surface area contributed by atoms with Crippen molar-refractivity contribution in [2.24, 2.45) is 0 Å². The zero-order valence-corrected chi connectivity index (χ0v) is 17.1. The molecule has 1 fully saturated rings. The zero-order valence-electron chi connectivity index (χ0n) is 16.2. The van der Waals surface area contributed by atoms with Crippen molar-refractivity contribution in [1.82, 2.24) is 4.31 Å². The molecule has 1 heterocycles. The van der Waals surface area contributed by atoms with Gasteiger partial charge in [-0.3, -0.25) is 14.9 Å².